The van der Waals surface area contributed by atoms with Crippen LogP contribution in [0.2, 0.25) is 0 Å². The molecule has 4 nitrogen and oxygen atoms in total. The van der Waals surface area contributed by atoms with Gasteiger partial charge in [-0.1, -0.05) is 0 Å². The topological polar surface area (TPSA) is 58.7 Å². The van der Waals surface area contributed by atoms with Crippen LogP contribution >= 0.6 is 8.61 Å². The van der Waals surface area contributed by atoms with Crippen molar-refractivity contribution in [3.63, 3.8) is 0 Å². The molecule has 0 heterocycles. The van der Waals surface area contributed by atoms with Crippen LogP contribution in [-0.4, -0.2) is 25.0 Å². The molecule has 5 heteroatoms. The van der Waals surface area contributed by atoms with Crippen molar-refractivity contribution in [2.75, 3.05) is 14.1 Å². The molecule has 0 saturated carbocycles. The molecule has 0 aromatic rings. The Bertz CT molecular complexity index is 111. The Morgan fingerprint density at radius 1 is 1.75 bits per heavy atom. The number of rotatable bonds is 1. The van der Waals surface area contributed by atoms with Gasteiger partial charge in [0.05, 0.1) is 0 Å². The molecule has 0 bridgehead atoms. The molecule has 8 heavy (non-hydrogen) atoms. The average molecular weight is 133 g/mol. The smallest absolute Gasteiger partial charge is 0.306 e. The van der Waals surface area contributed by atoms with Crippen LogP contribution in [0.1, 0.15) is 0 Å². The molecule has 0 aliphatic carbocycles. The summed E-state index contributed by atoms with van der Waals surface area (Å²) in [7, 11) is 3.16. The van der Waals surface area contributed by atoms with Gasteiger partial charge in [-0.15, -0.1) is 0 Å². The van der Waals surface area contributed by atoms with E-state index in [1.165, 1.54) is 0 Å². The maximum atomic E-state index is 9.72. The Morgan fingerprint density at radius 2 is 2.25 bits per heavy atom. The van der Waals surface area contributed by atoms with Crippen LogP contribution in [0.3, 0.4) is 0 Å². The molecular weight excluding hydrogens is 125 g/mol. The number of hydrogen-bond donors (Lipinski definition) is 1. The van der Waals surface area contributed by atoms with Crippen molar-refractivity contribution in [1.29, 1.82) is 0 Å². The van der Waals surface area contributed by atoms with E-state index in [9.17, 15) is 4.57 Å². The second-order valence-electron chi connectivity index (χ2n) is 1.43. The van der Waals surface area contributed by atoms with Crippen molar-refractivity contribution < 1.29 is 4.57 Å². The molecule has 0 unspecified atom stereocenters. The second kappa shape index (κ2) is 3.38. The van der Waals surface area contributed by atoms with Gasteiger partial charge in [-0.2, -0.15) is 4.76 Å². The molecule has 2 N–H and O–H groups in total. The SMILES string of the molecule is CN(C)C(N)=NP=O. The van der Waals surface area contributed by atoms with Crippen molar-refractivity contribution >= 4 is 14.6 Å². The first kappa shape index (κ1) is 7.37. The summed E-state index contributed by atoms with van der Waals surface area (Å²) in [6.07, 6.45) is 0. The maximum Gasteiger partial charge on any atom is 0.306 e. The van der Waals surface area contributed by atoms with E-state index >= 15 is 0 Å². The predicted molar refractivity (Wildman–Crippen MR) is 32.9 cm³/mol. The number of nitrogens with two attached hydrogens (primary N) is 1. The monoisotopic (exact) mass is 133 g/mol. The fourth-order valence-electron chi connectivity index (χ4n) is 0.131. The van der Waals surface area contributed by atoms with Gasteiger partial charge in [0, 0.05) is 14.1 Å². The molecule has 0 amide bonds. The summed E-state index contributed by atoms with van der Waals surface area (Å²) in [4.78, 5) is 1.57. The predicted octanol–water partition coefficient (Wildman–Crippen LogP) is 0.0694. The zero-order chi connectivity index (χ0) is 6.57. The second-order valence-corrected chi connectivity index (χ2v) is 1.80. The highest BCUT2D eigenvalue weighted by Gasteiger charge is 1.89. The van der Waals surface area contributed by atoms with Crippen LogP contribution < -0.4 is 5.73 Å². The van der Waals surface area contributed by atoms with Gasteiger partial charge in [0.25, 0.3) is 0 Å². The van der Waals surface area contributed by atoms with Gasteiger partial charge < -0.3 is 10.6 Å². The third-order valence-electron chi connectivity index (χ3n) is 0.601. The van der Waals surface area contributed by atoms with Crippen molar-refractivity contribution in [3.8, 4) is 0 Å². The van der Waals surface area contributed by atoms with Gasteiger partial charge in [0.15, 0.2) is 0 Å². The molecule has 0 atom stereocenters. The molecule has 0 fully saturated rings. The van der Waals surface area contributed by atoms with Crippen molar-refractivity contribution in [3.05, 3.63) is 0 Å². The van der Waals surface area contributed by atoms with E-state index in [0.29, 0.717) is 0 Å². The zero-order valence-electron chi connectivity index (χ0n) is 4.83. The molecule has 0 aromatic heterocycles. The lowest BCUT2D eigenvalue weighted by molar-refractivity contribution is 0.594. The lowest BCUT2D eigenvalue weighted by Gasteiger charge is -2.06. The maximum absolute atomic E-state index is 9.72. The van der Waals surface area contributed by atoms with Gasteiger partial charge >= 0.3 is 8.61 Å². The van der Waals surface area contributed by atoms with Gasteiger partial charge in [0.2, 0.25) is 5.96 Å². The molecule has 46 valence electrons. The molecule has 0 rings (SSSR count). The summed E-state index contributed by atoms with van der Waals surface area (Å²) < 4.78 is 13.1. The molecule has 0 aliphatic heterocycles. The Labute approximate surface area is 49.6 Å². The summed E-state index contributed by atoms with van der Waals surface area (Å²) in [6.45, 7) is 0. The van der Waals surface area contributed by atoms with Gasteiger partial charge in [-0.25, -0.2) is 4.57 Å². The molecule has 0 aliphatic rings. The lowest BCUT2D eigenvalue weighted by Crippen LogP contribution is -2.29. The average Bonchev–Trinajstić information content (AvgIpc) is 1.67. The summed E-state index contributed by atoms with van der Waals surface area (Å²) in [5.74, 6) is 0.265. The molecule has 0 saturated heterocycles. The van der Waals surface area contributed by atoms with Crippen LogP contribution in [-0.2, 0) is 4.57 Å². The Hall–Kier alpha value is -0.630. The van der Waals surface area contributed by atoms with Crippen LogP contribution in [0.25, 0.3) is 0 Å². The van der Waals surface area contributed by atoms with Crippen molar-refractivity contribution in [1.82, 2.24) is 4.90 Å². The first-order valence-electron chi connectivity index (χ1n) is 2.01. The molecule has 0 spiro atoms. The number of guanidine groups is 1. The van der Waals surface area contributed by atoms with Gasteiger partial charge in [-0.05, 0) is 0 Å². The van der Waals surface area contributed by atoms with Crippen molar-refractivity contribution in [2.45, 2.75) is 0 Å². The summed E-state index contributed by atoms with van der Waals surface area (Å²) in [6, 6.07) is 0. The fourth-order valence-corrected chi connectivity index (χ4v) is 0.394. The first-order valence-corrected chi connectivity index (χ1v) is 2.78. The van der Waals surface area contributed by atoms with Gasteiger partial charge in [-0.3, -0.25) is 0 Å². The van der Waals surface area contributed by atoms with Crippen LogP contribution in [0, 0.1) is 0 Å². The quantitative estimate of drug-likeness (QED) is 0.313. The van der Waals surface area contributed by atoms with Crippen LogP contribution in [0.5, 0.6) is 0 Å². The van der Waals surface area contributed by atoms with E-state index in [1.807, 2.05) is 0 Å². The standard InChI is InChI=1S/C3H8N3OP/c1-6(2)3(4)5-8-7/h1-2H3,(H2,4,5,7). The van der Waals surface area contributed by atoms with Crippen LogP contribution in [0.4, 0.5) is 0 Å². The molecule has 0 aromatic carbocycles. The normalized spacial score (nSPS) is 12.0. The van der Waals surface area contributed by atoms with E-state index in [-0.39, 0.29) is 14.6 Å². The van der Waals surface area contributed by atoms with E-state index in [4.69, 9.17) is 5.73 Å². The number of nitrogens with zero attached hydrogens (tertiary/aromatic N) is 2. The highest BCUT2D eigenvalue weighted by atomic mass is 31.1. The minimum Gasteiger partial charge on any atom is -0.369 e. The van der Waals surface area contributed by atoms with E-state index in [0.717, 1.165) is 0 Å². The summed E-state index contributed by atoms with van der Waals surface area (Å²) in [5.41, 5.74) is 5.20. The van der Waals surface area contributed by atoms with E-state index in [2.05, 4.69) is 4.76 Å². The first-order chi connectivity index (χ1) is 3.68. The molecular formula is C3H8N3OP. The highest BCUT2D eigenvalue weighted by Crippen LogP contribution is 1.91. The third kappa shape index (κ3) is 2.53. The summed E-state index contributed by atoms with van der Waals surface area (Å²) >= 11 is 0. The minimum absolute atomic E-state index is 0.265. The Morgan fingerprint density at radius 3 is 2.38 bits per heavy atom. The van der Waals surface area contributed by atoms with Gasteiger partial charge in [0.1, 0.15) is 0 Å². The van der Waals surface area contributed by atoms with E-state index < -0.39 is 0 Å². The molecule has 0 radical (unpaired) electrons. The largest absolute Gasteiger partial charge is 0.369 e. The Balaban J connectivity index is 3.78. The highest BCUT2D eigenvalue weighted by molar-refractivity contribution is 7.22. The van der Waals surface area contributed by atoms with Crippen LogP contribution in [0.15, 0.2) is 4.76 Å². The lowest BCUT2D eigenvalue weighted by atomic mass is 10.8. The minimum atomic E-state index is -0.294. The van der Waals surface area contributed by atoms with Crippen molar-refractivity contribution in [2.24, 2.45) is 10.5 Å². The zero-order valence-corrected chi connectivity index (χ0v) is 5.72. The Kier molecular flexibility index (Phi) is 3.12. The van der Waals surface area contributed by atoms with E-state index in [1.54, 1.807) is 19.0 Å². The fraction of sp³-hybridized carbons (Fsp3) is 0.667. The number of hydrogen-bond acceptors (Lipinski definition) is 1. The third-order valence-corrected chi connectivity index (χ3v) is 0.888. The summed E-state index contributed by atoms with van der Waals surface area (Å²) in [5, 5.41) is 0.